The van der Waals surface area contributed by atoms with Gasteiger partial charge in [-0.25, -0.2) is 0 Å². The fourth-order valence-electron chi connectivity index (χ4n) is 3.85. The Morgan fingerprint density at radius 3 is 2.95 bits per heavy atom. The molecule has 0 radical (unpaired) electrons. The topological polar surface area (TPSA) is 27.7 Å². The van der Waals surface area contributed by atoms with Crippen LogP contribution in [0.3, 0.4) is 0 Å². The lowest BCUT2D eigenvalue weighted by Gasteiger charge is -2.32. The Kier molecular flexibility index (Phi) is 2.92. The van der Waals surface area contributed by atoms with Gasteiger partial charge in [0.15, 0.2) is 0 Å². The average molecular weight is 262 g/mol. The van der Waals surface area contributed by atoms with Crippen LogP contribution in [0, 0.1) is 11.3 Å². The molecule has 1 spiro atoms. The average Bonchev–Trinajstić information content (AvgIpc) is 3.04. The zero-order valence-electron chi connectivity index (χ0n) is 11.3. The predicted molar refractivity (Wildman–Crippen MR) is 71.4 cm³/mol. The number of ether oxygens (including phenoxy) is 3. The minimum atomic E-state index is 0.0567. The molecule has 3 fully saturated rings. The first-order valence-electron chi connectivity index (χ1n) is 7.62. The molecule has 3 heteroatoms. The molecule has 0 amide bonds. The third-order valence-corrected chi connectivity index (χ3v) is 5.31. The van der Waals surface area contributed by atoms with Crippen molar-refractivity contribution in [3.8, 4) is 0 Å². The summed E-state index contributed by atoms with van der Waals surface area (Å²) in [6, 6.07) is 0. The maximum Gasteiger partial charge on any atom is 0.148 e. The van der Waals surface area contributed by atoms with Gasteiger partial charge in [0.2, 0.25) is 0 Å². The molecule has 0 bridgehead atoms. The predicted octanol–water partition coefficient (Wildman–Crippen LogP) is 3.17. The third kappa shape index (κ3) is 2.23. The molecule has 19 heavy (non-hydrogen) atoms. The van der Waals surface area contributed by atoms with E-state index in [1.807, 2.05) is 6.08 Å². The summed E-state index contributed by atoms with van der Waals surface area (Å²) in [6.07, 6.45) is 14.8. The lowest BCUT2D eigenvalue weighted by molar-refractivity contribution is 0.0497. The highest BCUT2D eigenvalue weighted by Crippen LogP contribution is 2.59. The van der Waals surface area contributed by atoms with Crippen molar-refractivity contribution >= 4 is 0 Å². The molecule has 1 heterocycles. The van der Waals surface area contributed by atoms with Crippen LogP contribution >= 0.6 is 0 Å². The minimum absolute atomic E-state index is 0.0567. The van der Waals surface area contributed by atoms with Crippen molar-refractivity contribution in [1.29, 1.82) is 0 Å². The van der Waals surface area contributed by atoms with E-state index in [1.165, 1.54) is 38.5 Å². The van der Waals surface area contributed by atoms with Gasteiger partial charge < -0.3 is 14.2 Å². The van der Waals surface area contributed by atoms with Crippen LogP contribution < -0.4 is 0 Å². The van der Waals surface area contributed by atoms with Crippen molar-refractivity contribution in [3.63, 3.8) is 0 Å². The fourth-order valence-corrected chi connectivity index (χ4v) is 3.85. The van der Waals surface area contributed by atoms with Crippen LogP contribution in [-0.4, -0.2) is 25.6 Å². The van der Waals surface area contributed by atoms with Crippen molar-refractivity contribution in [1.82, 2.24) is 0 Å². The standard InChI is InChI=1S/C16H22O3/c1-2-6-16(7-8-16)12(3-1)10-17-13-4-5-14-15(9-13)19-11-18-14/h4-5,9,12,14-15H,1-3,6-8,10-11H2/t12-,14?,15?/m0/s1. The van der Waals surface area contributed by atoms with Gasteiger partial charge >= 0.3 is 0 Å². The van der Waals surface area contributed by atoms with E-state index in [9.17, 15) is 0 Å². The maximum absolute atomic E-state index is 6.04. The van der Waals surface area contributed by atoms with E-state index in [0.29, 0.717) is 12.2 Å². The Morgan fingerprint density at radius 2 is 2.05 bits per heavy atom. The maximum atomic E-state index is 6.04. The number of rotatable bonds is 3. The van der Waals surface area contributed by atoms with Crippen molar-refractivity contribution in [2.24, 2.45) is 11.3 Å². The van der Waals surface area contributed by atoms with Crippen LogP contribution in [0.25, 0.3) is 0 Å². The highest BCUT2D eigenvalue weighted by molar-refractivity contribution is 5.24. The summed E-state index contributed by atoms with van der Waals surface area (Å²) < 4.78 is 17.0. The van der Waals surface area contributed by atoms with Crippen LogP contribution in [0.1, 0.15) is 38.5 Å². The van der Waals surface area contributed by atoms with Gasteiger partial charge in [-0.05, 0) is 55.2 Å². The van der Waals surface area contributed by atoms with E-state index in [4.69, 9.17) is 14.2 Å². The smallest absolute Gasteiger partial charge is 0.148 e. The molecule has 0 N–H and O–H groups in total. The summed E-state index contributed by atoms with van der Waals surface area (Å²) in [5.41, 5.74) is 0.659. The minimum Gasteiger partial charge on any atom is -0.494 e. The van der Waals surface area contributed by atoms with Crippen molar-refractivity contribution in [2.45, 2.75) is 50.7 Å². The van der Waals surface area contributed by atoms with Gasteiger partial charge in [-0.1, -0.05) is 12.8 Å². The lowest BCUT2D eigenvalue weighted by Crippen LogP contribution is -2.26. The molecule has 0 aromatic carbocycles. The van der Waals surface area contributed by atoms with Crippen LogP contribution in [0.2, 0.25) is 0 Å². The molecule has 2 unspecified atom stereocenters. The van der Waals surface area contributed by atoms with Crippen molar-refractivity contribution in [3.05, 3.63) is 24.0 Å². The molecule has 104 valence electrons. The zero-order valence-corrected chi connectivity index (χ0v) is 11.3. The largest absolute Gasteiger partial charge is 0.494 e. The summed E-state index contributed by atoms with van der Waals surface area (Å²) in [5, 5.41) is 0. The van der Waals surface area contributed by atoms with Crippen LogP contribution in [0.15, 0.2) is 24.0 Å². The van der Waals surface area contributed by atoms with E-state index >= 15 is 0 Å². The summed E-state index contributed by atoms with van der Waals surface area (Å²) in [5.74, 6) is 1.74. The molecule has 1 aliphatic heterocycles. The number of allylic oxidation sites excluding steroid dienone is 1. The third-order valence-electron chi connectivity index (χ3n) is 5.31. The molecule has 3 atom stereocenters. The van der Waals surface area contributed by atoms with Crippen molar-refractivity contribution < 1.29 is 14.2 Å². The molecule has 0 aromatic rings. The summed E-state index contributed by atoms with van der Waals surface area (Å²) in [6.45, 7) is 1.28. The monoisotopic (exact) mass is 262 g/mol. The molecular formula is C16H22O3. The first-order chi connectivity index (χ1) is 9.36. The molecular weight excluding hydrogens is 240 g/mol. The van der Waals surface area contributed by atoms with Gasteiger partial charge in [-0.15, -0.1) is 0 Å². The molecule has 0 aromatic heterocycles. The zero-order chi connectivity index (χ0) is 12.7. The Bertz CT molecular complexity index is 408. The summed E-state index contributed by atoms with van der Waals surface area (Å²) in [7, 11) is 0. The molecule has 4 aliphatic rings. The number of fused-ring (bicyclic) bond motifs is 1. The molecule has 2 saturated carbocycles. The lowest BCUT2D eigenvalue weighted by atomic mass is 9.77. The van der Waals surface area contributed by atoms with Crippen LogP contribution in [-0.2, 0) is 14.2 Å². The van der Waals surface area contributed by atoms with E-state index < -0.39 is 0 Å². The van der Waals surface area contributed by atoms with E-state index in [2.05, 4.69) is 12.2 Å². The molecule has 1 saturated heterocycles. The quantitative estimate of drug-likeness (QED) is 0.782. The van der Waals surface area contributed by atoms with Crippen LogP contribution in [0.5, 0.6) is 0 Å². The summed E-state index contributed by atoms with van der Waals surface area (Å²) in [4.78, 5) is 0. The highest BCUT2D eigenvalue weighted by atomic mass is 16.7. The second-order valence-corrected chi connectivity index (χ2v) is 6.42. The number of hydrogen-bond donors (Lipinski definition) is 0. The Labute approximate surface area is 114 Å². The van der Waals surface area contributed by atoms with Crippen LogP contribution in [0.4, 0.5) is 0 Å². The highest BCUT2D eigenvalue weighted by Gasteiger charge is 2.50. The van der Waals surface area contributed by atoms with Gasteiger partial charge in [0.1, 0.15) is 24.8 Å². The SMILES string of the molecule is C1=CC2OCOC2C=C1OC[C@@H]1CCCCC12CC2. The molecule has 4 rings (SSSR count). The van der Waals surface area contributed by atoms with E-state index in [0.717, 1.165) is 18.3 Å². The van der Waals surface area contributed by atoms with Gasteiger partial charge in [0, 0.05) is 0 Å². The molecule has 3 aliphatic carbocycles. The fraction of sp³-hybridized carbons (Fsp3) is 0.750. The number of hydrogen-bond acceptors (Lipinski definition) is 3. The second-order valence-electron chi connectivity index (χ2n) is 6.42. The Morgan fingerprint density at radius 1 is 1.16 bits per heavy atom. The van der Waals surface area contributed by atoms with E-state index in [-0.39, 0.29) is 12.2 Å². The normalized spacial score (nSPS) is 38.9. The van der Waals surface area contributed by atoms with E-state index in [1.54, 1.807) is 0 Å². The van der Waals surface area contributed by atoms with Gasteiger partial charge in [0.05, 0.1) is 6.61 Å². The van der Waals surface area contributed by atoms with Gasteiger partial charge in [-0.3, -0.25) is 0 Å². The molecule has 3 nitrogen and oxygen atoms in total. The first-order valence-corrected chi connectivity index (χ1v) is 7.62. The van der Waals surface area contributed by atoms with Crippen molar-refractivity contribution in [2.75, 3.05) is 13.4 Å². The Hall–Kier alpha value is -0.800. The Balaban J connectivity index is 1.36. The summed E-state index contributed by atoms with van der Waals surface area (Å²) >= 11 is 0. The first kappa shape index (κ1) is 12.0. The van der Waals surface area contributed by atoms with Gasteiger partial charge in [-0.2, -0.15) is 0 Å². The van der Waals surface area contributed by atoms with Gasteiger partial charge in [0.25, 0.3) is 0 Å². The second kappa shape index (κ2) is 4.64.